The Balaban J connectivity index is 1.09. The average molecular weight is 580 g/mol. The van der Waals surface area contributed by atoms with Gasteiger partial charge in [0.25, 0.3) is 11.8 Å². The highest BCUT2D eigenvalue weighted by molar-refractivity contribution is 7.09. The van der Waals surface area contributed by atoms with Crippen LogP contribution in [0, 0.1) is 12.8 Å². The normalized spacial score (nSPS) is 20.0. The summed E-state index contributed by atoms with van der Waals surface area (Å²) >= 11 is 1.58. The molecule has 0 bridgehead atoms. The van der Waals surface area contributed by atoms with Crippen molar-refractivity contribution < 1.29 is 23.5 Å². The quantitative estimate of drug-likeness (QED) is 0.403. The number of Topliss-reactive ketones (excluding diaryl/α,β-unsaturated/α-hetero) is 1. The van der Waals surface area contributed by atoms with Crippen LogP contribution in [0.25, 0.3) is 0 Å². The van der Waals surface area contributed by atoms with E-state index in [1.54, 1.807) is 53.7 Å². The van der Waals surface area contributed by atoms with Gasteiger partial charge in [0.15, 0.2) is 5.78 Å². The maximum absolute atomic E-state index is 14.9. The summed E-state index contributed by atoms with van der Waals surface area (Å²) in [5, 5.41) is 5.77. The number of pyridine rings is 1. The van der Waals surface area contributed by atoms with Crippen molar-refractivity contribution in [1.82, 2.24) is 25.1 Å². The Morgan fingerprint density at radius 1 is 1.05 bits per heavy atom. The summed E-state index contributed by atoms with van der Waals surface area (Å²) in [5.41, 5.74) is 2.09. The first kappa shape index (κ1) is 28.8. The molecule has 0 unspecified atom stereocenters. The van der Waals surface area contributed by atoms with Gasteiger partial charge in [0.2, 0.25) is 0 Å². The van der Waals surface area contributed by atoms with Crippen LogP contribution in [0.5, 0.6) is 5.75 Å². The number of ether oxygens (including phenoxy) is 1. The number of thiazole rings is 1. The van der Waals surface area contributed by atoms with Gasteiger partial charge < -0.3 is 15.0 Å². The first-order valence-corrected chi connectivity index (χ1v) is 14.7. The van der Waals surface area contributed by atoms with E-state index < -0.39 is 18.1 Å². The molecule has 0 aliphatic carbocycles. The number of aryl methyl sites for hydroxylation is 1. The number of hydrogen-bond acceptors (Lipinski definition) is 8. The van der Waals surface area contributed by atoms with Crippen LogP contribution in [0.1, 0.15) is 61.2 Å². The zero-order valence-corrected chi connectivity index (χ0v) is 24.0. The maximum atomic E-state index is 14.9. The van der Waals surface area contributed by atoms with E-state index in [0.29, 0.717) is 56.8 Å². The molecule has 0 spiro atoms. The van der Waals surface area contributed by atoms with Crippen molar-refractivity contribution in [2.24, 2.45) is 5.92 Å². The van der Waals surface area contributed by atoms with E-state index in [9.17, 15) is 18.8 Å². The Hall–Kier alpha value is -3.70. The van der Waals surface area contributed by atoms with E-state index in [0.717, 1.165) is 10.7 Å². The molecule has 2 aromatic heterocycles. The molecule has 1 N–H and O–H groups in total. The Morgan fingerprint density at radius 3 is 2.39 bits per heavy atom. The smallest absolute Gasteiger partial charge is 0.272 e. The summed E-state index contributed by atoms with van der Waals surface area (Å²) in [6.45, 7) is 4.34. The first-order chi connectivity index (χ1) is 19.8. The Bertz CT molecular complexity index is 1370. The molecule has 2 fully saturated rings. The molecule has 3 aromatic rings. The highest BCUT2D eigenvalue weighted by Gasteiger charge is 2.32. The summed E-state index contributed by atoms with van der Waals surface area (Å²) in [6, 6.07) is 9.56. The number of rotatable bonds is 8. The van der Waals surface area contributed by atoms with Gasteiger partial charge in [-0.2, -0.15) is 0 Å². The van der Waals surface area contributed by atoms with E-state index in [2.05, 4.69) is 15.3 Å². The van der Waals surface area contributed by atoms with Gasteiger partial charge in [-0.05, 0) is 62.6 Å². The molecule has 2 aliphatic heterocycles. The highest BCUT2D eigenvalue weighted by atomic mass is 32.1. The van der Waals surface area contributed by atoms with E-state index in [4.69, 9.17) is 4.74 Å². The fourth-order valence-corrected chi connectivity index (χ4v) is 5.99. The molecule has 2 amide bonds. The van der Waals surface area contributed by atoms with Crippen molar-refractivity contribution in [3.05, 3.63) is 75.5 Å². The highest BCUT2D eigenvalue weighted by Crippen LogP contribution is 2.24. The van der Waals surface area contributed by atoms with Crippen molar-refractivity contribution >= 4 is 28.9 Å². The summed E-state index contributed by atoms with van der Waals surface area (Å²) < 4.78 is 20.1. The molecule has 9 nitrogen and oxygen atoms in total. The molecule has 5 rings (SSSR count). The minimum atomic E-state index is -1.19. The molecule has 0 saturated carbocycles. The van der Waals surface area contributed by atoms with Crippen LogP contribution >= 0.6 is 11.3 Å². The molecule has 216 valence electrons. The van der Waals surface area contributed by atoms with Gasteiger partial charge in [-0.25, -0.2) is 9.37 Å². The number of aromatic nitrogens is 2. The largest absolute Gasteiger partial charge is 0.497 e. The second kappa shape index (κ2) is 12.9. The lowest BCUT2D eigenvalue weighted by Gasteiger charge is -2.34. The number of amides is 2. The molecule has 41 heavy (non-hydrogen) atoms. The zero-order chi connectivity index (χ0) is 28.9. The number of alkyl halides is 1. The van der Waals surface area contributed by atoms with Gasteiger partial charge in [0, 0.05) is 55.8 Å². The molecular formula is C30H34FN5O4S. The number of hydrogen-bond donors (Lipinski definition) is 1. The lowest BCUT2D eigenvalue weighted by molar-refractivity contribution is 0.0645. The number of piperidine rings is 2. The molecule has 4 heterocycles. The lowest BCUT2D eigenvalue weighted by Crippen LogP contribution is -2.52. The van der Waals surface area contributed by atoms with Crippen LogP contribution < -0.4 is 10.1 Å². The van der Waals surface area contributed by atoms with Gasteiger partial charge in [-0.3, -0.25) is 24.3 Å². The number of ketones is 1. The number of methoxy groups -OCH3 is 1. The van der Waals surface area contributed by atoms with Crippen molar-refractivity contribution in [3.63, 3.8) is 0 Å². The van der Waals surface area contributed by atoms with Gasteiger partial charge in [-0.1, -0.05) is 0 Å². The molecule has 2 aliphatic rings. The molecule has 0 radical (unpaired) electrons. The number of benzene rings is 1. The molecule has 1 aromatic carbocycles. The average Bonchev–Trinajstić information content (AvgIpc) is 3.42. The topological polar surface area (TPSA) is 105 Å². The number of carbonyl (C=O) groups excluding carboxylic acids is 3. The van der Waals surface area contributed by atoms with E-state index in [1.807, 2.05) is 17.2 Å². The number of nitrogens with one attached hydrogen (secondary N) is 1. The summed E-state index contributed by atoms with van der Waals surface area (Å²) in [6.07, 6.45) is 1.81. The molecule has 11 heteroatoms. The zero-order valence-electron chi connectivity index (χ0n) is 23.2. The maximum Gasteiger partial charge on any atom is 0.272 e. The Labute approximate surface area is 242 Å². The molecule has 2 atom stereocenters. The number of likely N-dealkylation sites (tertiary alicyclic amines) is 2. The number of carbonyl (C=O) groups is 3. The Morgan fingerprint density at radius 2 is 1.78 bits per heavy atom. The molecule has 2 saturated heterocycles. The van der Waals surface area contributed by atoms with Gasteiger partial charge in [0.1, 0.15) is 17.6 Å². The Kier molecular flexibility index (Phi) is 9.04. The predicted molar refractivity (Wildman–Crippen MR) is 153 cm³/mol. The fourth-order valence-electron chi connectivity index (χ4n) is 5.39. The third-order valence-electron chi connectivity index (χ3n) is 7.77. The van der Waals surface area contributed by atoms with E-state index >= 15 is 0 Å². The van der Waals surface area contributed by atoms with E-state index in [1.165, 1.54) is 12.3 Å². The third-order valence-corrected chi connectivity index (χ3v) is 8.59. The van der Waals surface area contributed by atoms with Crippen molar-refractivity contribution in [1.29, 1.82) is 0 Å². The lowest BCUT2D eigenvalue weighted by atomic mass is 9.88. The van der Waals surface area contributed by atoms with Crippen LogP contribution in [-0.2, 0) is 6.54 Å². The summed E-state index contributed by atoms with van der Waals surface area (Å²) in [7, 11) is 1.58. The SMILES string of the molecule is COc1ccc(C(=O)C2CCN(C(=O)c3ccc(C(=O)N[C@@H]4CCN(Cc5csc(C)n5)C[C@@H]4F)cn3)CC2)cc1. The fraction of sp³-hybridized carbons (Fsp3) is 0.433. The standard InChI is InChI=1S/C30H34FN5O4S/c1-19-33-23(18-41-19)16-35-12-11-26(25(31)17-35)34-29(38)22-5-8-27(32-15-22)30(39)36-13-9-21(10-14-36)28(37)20-3-6-24(40-2)7-4-20/h3-8,15,18,21,25-26H,9-14,16-17H2,1-2H3,(H,34,38)/t25-,26+/m0/s1. The van der Waals surface area contributed by atoms with Crippen LogP contribution in [0.4, 0.5) is 4.39 Å². The second-order valence-electron chi connectivity index (χ2n) is 10.6. The first-order valence-electron chi connectivity index (χ1n) is 13.8. The van der Waals surface area contributed by atoms with Gasteiger partial charge in [0.05, 0.1) is 29.4 Å². The second-order valence-corrected chi connectivity index (χ2v) is 11.6. The third kappa shape index (κ3) is 6.97. The predicted octanol–water partition coefficient (Wildman–Crippen LogP) is 3.93. The van der Waals surface area contributed by atoms with Crippen LogP contribution in [0.15, 0.2) is 48.0 Å². The van der Waals surface area contributed by atoms with Crippen molar-refractivity contribution in [2.45, 2.75) is 44.9 Å². The minimum Gasteiger partial charge on any atom is -0.497 e. The summed E-state index contributed by atoms with van der Waals surface area (Å²) in [4.78, 5) is 51.1. The van der Waals surface area contributed by atoms with Crippen LogP contribution in [0.3, 0.4) is 0 Å². The number of nitrogens with zero attached hydrogens (tertiary/aromatic N) is 4. The van der Waals surface area contributed by atoms with Crippen molar-refractivity contribution in [3.8, 4) is 5.75 Å². The van der Waals surface area contributed by atoms with Crippen LogP contribution in [-0.4, -0.2) is 82.9 Å². The van der Waals surface area contributed by atoms with E-state index in [-0.39, 0.29) is 35.4 Å². The summed E-state index contributed by atoms with van der Waals surface area (Å²) in [5.74, 6) is -0.0223. The molecular weight excluding hydrogens is 545 g/mol. The van der Waals surface area contributed by atoms with Crippen molar-refractivity contribution in [2.75, 3.05) is 33.3 Å². The van der Waals surface area contributed by atoms with Gasteiger partial charge in [-0.15, -0.1) is 11.3 Å². The monoisotopic (exact) mass is 579 g/mol. The number of halogens is 1. The van der Waals surface area contributed by atoms with Gasteiger partial charge >= 0.3 is 0 Å². The minimum absolute atomic E-state index is 0.0731. The van der Waals surface area contributed by atoms with Crippen LogP contribution in [0.2, 0.25) is 0 Å².